The quantitative estimate of drug-likeness (QED) is 0.438. The first-order chi connectivity index (χ1) is 16.9. The van der Waals surface area contributed by atoms with Crippen LogP contribution in [0.25, 0.3) is 0 Å². The second-order valence-electron chi connectivity index (χ2n) is 9.40. The van der Waals surface area contributed by atoms with E-state index in [9.17, 15) is 14.4 Å². The molecule has 0 unspecified atom stereocenters. The molecule has 8 heteroatoms. The van der Waals surface area contributed by atoms with Gasteiger partial charge >= 0.3 is 11.9 Å². The fraction of sp³-hybridized carbons (Fsp3) is 0.481. The summed E-state index contributed by atoms with van der Waals surface area (Å²) in [6, 6.07) is 7.78. The number of carbonyl (C=O) groups is 3. The molecular formula is C27H32N2O6. The number of nitrogens with one attached hydrogen (secondary N) is 1. The molecule has 1 amide bonds. The van der Waals surface area contributed by atoms with Crippen LogP contribution in [0.15, 0.2) is 30.3 Å². The van der Waals surface area contributed by atoms with Crippen molar-refractivity contribution in [1.82, 2.24) is 10.3 Å². The molecule has 8 nitrogen and oxygen atoms in total. The third-order valence-electron chi connectivity index (χ3n) is 6.96. The van der Waals surface area contributed by atoms with Gasteiger partial charge in [-0.1, -0.05) is 6.92 Å². The number of aromatic nitrogens is 1. The highest BCUT2D eigenvalue weighted by atomic mass is 16.5. The van der Waals surface area contributed by atoms with E-state index in [1.807, 2.05) is 6.92 Å². The number of hydrogen-bond acceptors (Lipinski definition) is 6. The summed E-state index contributed by atoms with van der Waals surface area (Å²) < 4.78 is 10.9. The predicted molar refractivity (Wildman–Crippen MR) is 129 cm³/mol. The lowest BCUT2D eigenvalue weighted by molar-refractivity contribution is 0.0161. The van der Waals surface area contributed by atoms with Gasteiger partial charge in [0.1, 0.15) is 0 Å². The third kappa shape index (κ3) is 5.88. The number of unbranched alkanes of at least 4 members (excludes halogenated alkanes) is 1. The summed E-state index contributed by atoms with van der Waals surface area (Å²) in [5.74, 6) is -1.53. The highest BCUT2D eigenvalue weighted by molar-refractivity contribution is 5.97. The minimum Gasteiger partial charge on any atom is -0.478 e. The van der Waals surface area contributed by atoms with Crippen LogP contribution in [-0.4, -0.2) is 54.3 Å². The van der Waals surface area contributed by atoms with Crippen LogP contribution in [-0.2, 0) is 28.7 Å². The van der Waals surface area contributed by atoms with Crippen molar-refractivity contribution in [1.29, 1.82) is 0 Å². The number of carbonyl (C=O) groups excluding carboxylic acids is 2. The van der Waals surface area contributed by atoms with E-state index in [-0.39, 0.29) is 23.5 Å². The van der Waals surface area contributed by atoms with E-state index < -0.39 is 11.9 Å². The van der Waals surface area contributed by atoms with Crippen molar-refractivity contribution in [2.45, 2.75) is 51.9 Å². The zero-order valence-electron chi connectivity index (χ0n) is 20.1. The molecule has 1 spiro atoms. The average Bonchev–Trinajstić information content (AvgIpc) is 3.00. The van der Waals surface area contributed by atoms with Crippen LogP contribution < -0.4 is 5.32 Å². The van der Waals surface area contributed by atoms with Gasteiger partial charge in [0.05, 0.1) is 29.0 Å². The molecule has 4 rings (SSSR count). The summed E-state index contributed by atoms with van der Waals surface area (Å²) in [7, 11) is 0. The first-order valence-electron chi connectivity index (χ1n) is 12.3. The monoisotopic (exact) mass is 480 g/mol. The van der Waals surface area contributed by atoms with E-state index in [4.69, 9.17) is 19.6 Å². The number of nitrogens with zero attached hydrogens (tertiary/aromatic N) is 1. The van der Waals surface area contributed by atoms with Gasteiger partial charge in [0.2, 0.25) is 0 Å². The number of ether oxygens (including phenoxy) is 2. The number of aromatic carboxylic acids is 1. The molecule has 0 aliphatic carbocycles. The van der Waals surface area contributed by atoms with Gasteiger partial charge in [-0.3, -0.25) is 9.78 Å². The molecule has 35 heavy (non-hydrogen) atoms. The summed E-state index contributed by atoms with van der Waals surface area (Å²) in [5.41, 5.74) is 4.13. The van der Waals surface area contributed by atoms with Crippen molar-refractivity contribution in [3.05, 3.63) is 64.0 Å². The number of carboxylic acids is 1. The second kappa shape index (κ2) is 11.0. The molecule has 0 radical (unpaired) electrons. The topological polar surface area (TPSA) is 115 Å². The average molecular weight is 481 g/mol. The number of carboxylic acid groups (broad SMARTS) is 1. The highest BCUT2D eigenvalue weighted by Crippen LogP contribution is 2.37. The minimum atomic E-state index is -1.04. The van der Waals surface area contributed by atoms with E-state index in [2.05, 4.69) is 11.4 Å². The number of rotatable bonds is 8. The van der Waals surface area contributed by atoms with E-state index in [0.717, 1.165) is 67.8 Å². The zero-order chi connectivity index (χ0) is 24.8. The molecule has 186 valence electrons. The molecule has 0 saturated carbocycles. The number of amides is 1. The van der Waals surface area contributed by atoms with Gasteiger partial charge in [0, 0.05) is 25.5 Å². The van der Waals surface area contributed by atoms with Crippen LogP contribution in [0.1, 0.15) is 80.6 Å². The Morgan fingerprint density at radius 3 is 2.54 bits per heavy atom. The Kier molecular flexibility index (Phi) is 7.80. The minimum absolute atomic E-state index is 0.0254. The molecule has 2 aliphatic rings. The molecule has 2 aromatic rings. The van der Waals surface area contributed by atoms with Gasteiger partial charge in [-0.05, 0) is 86.3 Å². The van der Waals surface area contributed by atoms with Crippen molar-refractivity contribution in [3.8, 4) is 0 Å². The van der Waals surface area contributed by atoms with E-state index in [1.54, 1.807) is 0 Å². The Morgan fingerprint density at radius 2 is 1.86 bits per heavy atom. The van der Waals surface area contributed by atoms with Crippen LogP contribution in [0.5, 0.6) is 0 Å². The summed E-state index contributed by atoms with van der Waals surface area (Å²) in [6.45, 7) is 4.43. The maximum absolute atomic E-state index is 12.9. The Bertz CT molecular complexity index is 1090. The number of hydrogen-bond donors (Lipinski definition) is 2. The van der Waals surface area contributed by atoms with Gasteiger partial charge in [-0.25, -0.2) is 9.59 Å². The summed E-state index contributed by atoms with van der Waals surface area (Å²) in [6.07, 6.45) is 5.64. The molecule has 1 aromatic carbocycles. The van der Waals surface area contributed by atoms with Crippen LogP contribution in [0.2, 0.25) is 0 Å². The molecule has 1 saturated heterocycles. The van der Waals surface area contributed by atoms with Crippen molar-refractivity contribution in [2.24, 2.45) is 5.41 Å². The van der Waals surface area contributed by atoms with Gasteiger partial charge in [-0.15, -0.1) is 0 Å². The fourth-order valence-corrected chi connectivity index (χ4v) is 4.91. The second-order valence-corrected chi connectivity index (χ2v) is 9.40. The Morgan fingerprint density at radius 1 is 1.14 bits per heavy atom. The van der Waals surface area contributed by atoms with E-state index in [0.29, 0.717) is 24.9 Å². The van der Waals surface area contributed by atoms with Crippen LogP contribution >= 0.6 is 0 Å². The number of aryl methyl sites for hydroxylation is 2. The predicted octanol–water partition coefficient (Wildman–Crippen LogP) is 3.60. The van der Waals surface area contributed by atoms with Gasteiger partial charge in [0.15, 0.2) is 0 Å². The standard InChI is InChI=1S/C27H32N2O6/c1-2-22-23-20(16-27(17-28-24(23)30)10-13-34-14-11-27)15-21(29-22)5-3-4-12-35-26(33)19-8-6-18(7-9-19)25(31)32/h6-9,15H,2-5,10-14,16-17H2,1H3,(H,28,30)(H,31,32). The molecule has 2 N–H and O–H groups in total. The maximum atomic E-state index is 12.9. The largest absolute Gasteiger partial charge is 0.478 e. The molecule has 1 fully saturated rings. The first-order valence-corrected chi connectivity index (χ1v) is 12.3. The van der Waals surface area contributed by atoms with E-state index in [1.165, 1.54) is 24.3 Å². The summed E-state index contributed by atoms with van der Waals surface area (Å²) in [5, 5.41) is 12.1. The number of pyridine rings is 1. The van der Waals surface area contributed by atoms with Crippen LogP contribution in [0.3, 0.4) is 0 Å². The molecule has 0 bridgehead atoms. The summed E-state index contributed by atoms with van der Waals surface area (Å²) >= 11 is 0. The maximum Gasteiger partial charge on any atom is 0.338 e. The number of fused-ring (bicyclic) bond motifs is 1. The molecule has 2 aliphatic heterocycles. The SMILES string of the molecule is CCc1nc(CCCCOC(=O)c2ccc(C(=O)O)cc2)cc2c1C(=O)NCC1(CCOCC1)C2. The smallest absolute Gasteiger partial charge is 0.338 e. The lowest BCUT2D eigenvalue weighted by Crippen LogP contribution is -2.40. The Hall–Kier alpha value is -3.26. The Balaban J connectivity index is 1.35. The van der Waals surface area contributed by atoms with Crippen LogP contribution in [0, 0.1) is 5.41 Å². The van der Waals surface area contributed by atoms with Crippen molar-refractivity contribution in [2.75, 3.05) is 26.4 Å². The fourth-order valence-electron chi connectivity index (χ4n) is 4.91. The number of esters is 1. The normalized spacial score (nSPS) is 16.8. The van der Waals surface area contributed by atoms with Crippen molar-refractivity contribution in [3.63, 3.8) is 0 Å². The van der Waals surface area contributed by atoms with Gasteiger partial charge in [-0.2, -0.15) is 0 Å². The number of benzene rings is 1. The van der Waals surface area contributed by atoms with Crippen LogP contribution in [0.4, 0.5) is 0 Å². The zero-order valence-corrected chi connectivity index (χ0v) is 20.1. The highest BCUT2D eigenvalue weighted by Gasteiger charge is 2.37. The van der Waals surface area contributed by atoms with Gasteiger partial charge in [0.25, 0.3) is 5.91 Å². The third-order valence-corrected chi connectivity index (χ3v) is 6.96. The lowest BCUT2D eigenvalue weighted by atomic mass is 9.75. The lowest BCUT2D eigenvalue weighted by Gasteiger charge is -2.36. The van der Waals surface area contributed by atoms with Crippen molar-refractivity contribution >= 4 is 17.8 Å². The molecule has 3 heterocycles. The van der Waals surface area contributed by atoms with Crippen molar-refractivity contribution < 1.29 is 29.0 Å². The summed E-state index contributed by atoms with van der Waals surface area (Å²) in [4.78, 5) is 40.8. The molecule has 1 aromatic heterocycles. The molecular weight excluding hydrogens is 448 g/mol. The van der Waals surface area contributed by atoms with E-state index >= 15 is 0 Å². The first kappa shape index (κ1) is 24.9. The molecule has 0 atom stereocenters. The van der Waals surface area contributed by atoms with Gasteiger partial charge < -0.3 is 19.9 Å². The Labute approximate surface area is 205 Å².